The summed E-state index contributed by atoms with van der Waals surface area (Å²) in [7, 11) is -4.33. The number of nitrogen functional groups attached to an aromatic ring is 2. The zero-order valence-electron chi connectivity index (χ0n) is 12.4. The van der Waals surface area contributed by atoms with Crippen LogP contribution >= 0.6 is 0 Å². The summed E-state index contributed by atoms with van der Waals surface area (Å²) >= 11 is 0. The van der Waals surface area contributed by atoms with E-state index in [0.29, 0.717) is 33.5 Å². The van der Waals surface area contributed by atoms with Gasteiger partial charge in [0.1, 0.15) is 10.6 Å². The van der Waals surface area contributed by atoms with E-state index in [0.717, 1.165) is 0 Å². The molecule has 8 heteroatoms. The molecule has 0 aliphatic heterocycles. The molecule has 0 aromatic heterocycles. The molecule has 0 saturated heterocycles. The summed E-state index contributed by atoms with van der Waals surface area (Å²) in [6.45, 7) is 0. The van der Waals surface area contributed by atoms with E-state index in [2.05, 4.69) is 10.2 Å². The van der Waals surface area contributed by atoms with Gasteiger partial charge < -0.3 is 11.5 Å². The van der Waals surface area contributed by atoms with E-state index < -0.39 is 10.1 Å². The third-order valence-corrected chi connectivity index (χ3v) is 4.37. The van der Waals surface area contributed by atoms with Crippen LogP contribution in [0.5, 0.6) is 0 Å². The smallest absolute Gasteiger partial charge is 0.295 e. The second kappa shape index (κ2) is 5.91. The van der Waals surface area contributed by atoms with Crippen molar-refractivity contribution in [2.45, 2.75) is 4.90 Å². The Hall–Kier alpha value is -2.97. The molecule has 0 unspecified atom stereocenters. The SMILES string of the molecule is Nc1ccc(N=Nc2cccc3c(S(=O)(=O)O)cccc23)c(N)c1. The molecule has 3 aromatic rings. The number of nitrogens with two attached hydrogens (primary N) is 2. The molecule has 0 fully saturated rings. The number of hydrogen-bond acceptors (Lipinski definition) is 6. The Labute approximate surface area is 138 Å². The first-order valence-electron chi connectivity index (χ1n) is 6.92. The van der Waals surface area contributed by atoms with Gasteiger partial charge in [0.15, 0.2) is 0 Å². The van der Waals surface area contributed by atoms with Crippen molar-refractivity contribution in [3.8, 4) is 0 Å². The Morgan fingerprint density at radius 2 is 1.50 bits per heavy atom. The quantitative estimate of drug-likeness (QED) is 0.379. The normalized spacial score (nSPS) is 12.0. The first-order chi connectivity index (χ1) is 11.4. The molecule has 0 radical (unpaired) electrons. The molecule has 3 aromatic carbocycles. The van der Waals surface area contributed by atoms with Crippen molar-refractivity contribution in [2.75, 3.05) is 11.5 Å². The van der Waals surface area contributed by atoms with Crippen LogP contribution in [0.15, 0.2) is 69.7 Å². The van der Waals surface area contributed by atoms with Crippen LogP contribution in [0.3, 0.4) is 0 Å². The number of rotatable bonds is 3. The highest BCUT2D eigenvalue weighted by atomic mass is 32.2. The van der Waals surface area contributed by atoms with Crippen molar-refractivity contribution in [1.29, 1.82) is 0 Å². The van der Waals surface area contributed by atoms with E-state index >= 15 is 0 Å². The third-order valence-electron chi connectivity index (χ3n) is 3.45. The zero-order valence-corrected chi connectivity index (χ0v) is 13.2. The van der Waals surface area contributed by atoms with Crippen LogP contribution in [-0.2, 0) is 10.1 Å². The van der Waals surface area contributed by atoms with Crippen LogP contribution in [-0.4, -0.2) is 13.0 Å². The predicted molar refractivity (Wildman–Crippen MR) is 93.2 cm³/mol. The summed E-state index contributed by atoms with van der Waals surface area (Å²) in [6, 6.07) is 14.4. The monoisotopic (exact) mass is 342 g/mol. The van der Waals surface area contributed by atoms with Gasteiger partial charge >= 0.3 is 0 Å². The maximum absolute atomic E-state index is 11.5. The van der Waals surface area contributed by atoms with Crippen molar-refractivity contribution in [1.82, 2.24) is 0 Å². The predicted octanol–water partition coefficient (Wildman–Crippen LogP) is 3.67. The van der Waals surface area contributed by atoms with Gasteiger partial charge in [-0.25, -0.2) is 0 Å². The van der Waals surface area contributed by atoms with Gasteiger partial charge in [0.05, 0.1) is 11.4 Å². The van der Waals surface area contributed by atoms with Gasteiger partial charge in [0, 0.05) is 16.5 Å². The molecule has 122 valence electrons. The fourth-order valence-electron chi connectivity index (χ4n) is 2.35. The number of hydrogen-bond donors (Lipinski definition) is 3. The number of azo groups is 1. The molecule has 24 heavy (non-hydrogen) atoms. The second-order valence-corrected chi connectivity index (χ2v) is 6.51. The van der Waals surface area contributed by atoms with Gasteiger partial charge in [0.2, 0.25) is 0 Å². The molecule has 7 nitrogen and oxygen atoms in total. The van der Waals surface area contributed by atoms with Gasteiger partial charge in [-0.2, -0.15) is 8.42 Å². The van der Waals surface area contributed by atoms with Crippen LogP contribution < -0.4 is 11.5 Å². The standard InChI is InChI=1S/C16H14N4O3S/c17-10-7-8-15(13(18)9-10)20-19-14-5-1-4-12-11(14)3-2-6-16(12)24(21,22)23/h1-9H,17-18H2,(H,21,22,23). The summed E-state index contributed by atoms with van der Waals surface area (Å²) in [5.74, 6) is 0. The highest BCUT2D eigenvalue weighted by molar-refractivity contribution is 7.86. The average Bonchev–Trinajstić information content (AvgIpc) is 2.52. The summed E-state index contributed by atoms with van der Waals surface area (Å²) in [5, 5.41) is 9.15. The van der Waals surface area contributed by atoms with Crippen LogP contribution in [0.25, 0.3) is 10.8 Å². The number of nitrogens with zero attached hydrogens (tertiary/aromatic N) is 2. The van der Waals surface area contributed by atoms with E-state index in [9.17, 15) is 13.0 Å². The molecular formula is C16H14N4O3S. The minimum Gasteiger partial charge on any atom is -0.399 e. The van der Waals surface area contributed by atoms with E-state index in [4.69, 9.17) is 11.5 Å². The third kappa shape index (κ3) is 3.05. The molecule has 0 atom stereocenters. The van der Waals surface area contributed by atoms with Crippen LogP contribution in [0, 0.1) is 0 Å². The highest BCUT2D eigenvalue weighted by Crippen LogP contribution is 2.32. The van der Waals surface area contributed by atoms with Crippen molar-refractivity contribution < 1.29 is 13.0 Å². The lowest BCUT2D eigenvalue weighted by Gasteiger charge is -2.05. The minimum atomic E-state index is -4.33. The lowest BCUT2D eigenvalue weighted by atomic mass is 10.1. The summed E-state index contributed by atoms with van der Waals surface area (Å²) in [5.41, 5.74) is 13.3. The maximum atomic E-state index is 11.5. The molecule has 0 aliphatic rings. The van der Waals surface area contributed by atoms with Crippen LogP contribution in [0.1, 0.15) is 0 Å². The molecule has 0 spiro atoms. The summed E-state index contributed by atoms with van der Waals surface area (Å²) in [6.07, 6.45) is 0. The first kappa shape index (κ1) is 15.9. The number of anilines is 2. The molecule has 0 heterocycles. The van der Waals surface area contributed by atoms with E-state index in [1.54, 1.807) is 42.5 Å². The Balaban J connectivity index is 2.12. The largest absolute Gasteiger partial charge is 0.399 e. The van der Waals surface area contributed by atoms with Crippen LogP contribution in [0.4, 0.5) is 22.7 Å². The average molecular weight is 342 g/mol. The molecule has 3 rings (SSSR count). The number of benzene rings is 3. The minimum absolute atomic E-state index is 0.177. The zero-order chi connectivity index (χ0) is 17.3. The summed E-state index contributed by atoms with van der Waals surface area (Å²) < 4.78 is 32.3. The lowest BCUT2D eigenvalue weighted by molar-refractivity contribution is 0.484. The number of fused-ring (bicyclic) bond motifs is 1. The van der Waals surface area contributed by atoms with Crippen molar-refractivity contribution in [2.24, 2.45) is 10.2 Å². The van der Waals surface area contributed by atoms with Gasteiger partial charge in [-0.1, -0.05) is 24.3 Å². The second-order valence-electron chi connectivity index (χ2n) is 5.12. The molecule has 0 amide bonds. The fraction of sp³-hybridized carbons (Fsp3) is 0. The first-order valence-corrected chi connectivity index (χ1v) is 8.36. The van der Waals surface area contributed by atoms with Crippen LogP contribution in [0.2, 0.25) is 0 Å². The topological polar surface area (TPSA) is 131 Å². The Bertz CT molecular complexity index is 1060. The van der Waals surface area contributed by atoms with Gasteiger partial charge in [0.25, 0.3) is 10.1 Å². The van der Waals surface area contributed by atoms with Crippen molar-refractivity contribution in [3.05, 3.63) is 54.6 Å². The Morgan fingerprint density at radius 1 is 0.833 bits per heavy atom. The van der Waals surface area contributed by atoms with Gasteiger partial charge in [-0.3, -0.25) is 4.55 Å². The Kier molecular flexibility index (Phi) is 3.92. The van der Waals surface area contributed by atoms with E-state index in [-0.39, 0.29) is 4.90 Å². The molecule has 0 bridgehead atoms. The molecule has 5 N–H and O–H groups in total. The summed E-state index contributed by atoms with van der Waals surface area (Å²) in [4.78, 5) is -0.177. The fourth-order valence-corrected chi connectivity index (χ4v) is 3.05. The molecular weight excluding hydrogens is 328 g/mol. The van der Waals surface area contributed by atoms with E-state index in [1.165, 1.54) is 12.1 Å². The Morgan fingerprint density at radius 3 is 2.21 bits per heavy atom. The van der Waals surface area contributed by atoms with E-state index in [1.807, 2.05) is 0 Å². The lowest BCUT2D eigenvalue weighted by Crippen LogP contribution is -1.98. The van der Waals surface area contributed by atoms with Crippen molar-refractivity contribution >= 4 is 43.6 Å². The van der Waals surface area contributed by atoms with Crippen molar-refractivity contribution in [3.63, 3.8) is 0 Å². The molecule has 0 saturated carbocycles. The molecule has 0 aliphatic carbocycles. The van der Waals surface area contributed by atoms with Gasteiger partial charge in [-0.05, 0) is 30.3 Å². The highest BCUT2D eigenvalue weighted by Gasteiger charge is 2.14. The maximum Gasteiger partial charge on any atom is 0.295 e. The van der Waals surface area contributed by atoms with Gasteiger partial charge in [-0.15, -0.1) is 10.2 Å².